The molecule has 1 fully saturated rings. The number of carboxylic acid groups (broad SMARTS) is 1. The van der Waals surface area contributed by atoms with Crippen LogP contribution in [0.5, 0.6) is 0 Å². The number of aliphatic carboxylic acids is 1. The van der Waals surface area contributed by atoms with Gasteiger partial charge in [0, 0.05) is 18.8 Å². The van der Waals surface area contributed by atoms with Crippen molar-refractivity contribution >= 4 is 17.8 Å². The maximum atomic E-state index is 12.2. The van der Waals surface area contributed by atoms with E-state index in [0.29, 0.717) is 18.1 Å². The van der Waals surface area contributed by atoms with Gasteiger partial charge in [-0.2, -0.15) is 0 Å². The molecule has 1 saturated carbocycles. The van der Waals surface area contributed by atoms with Gasteiger partial charge in [-0.1, -0.05) is 62.6 Å². The molecule has 3 heteroatoms. The van der Waals surface area contributed by atoms with E-state index in [4.69, 9.17) is 5.11 Å². The lowest BCUT2D eigenvalue weighted by molar-refractivity contribution is -0.137. The fourth-order valence-electron chi connectivity index (χ4n) is 3.63. The van der Waals surface area contributed by atoms with Crippen LogP contribution in [0.3, 0.4) is 0 Å². The number of carbonyl (C=O) groups excluding carboxylic acids is 1. The zero-order valence-electron chi connectivity index (χ0n) is 15.2. The number of hydrogen-bond donors (Lipinski definition) is 1. The molecule has 1 aliphatic carbocycles. The molecule has 0 aliphatic heterocycles. The molecule has 1 aromatic carbocycles. The van der Waals surface area contributed by atoms with E-state index in [0.717, 1.165) is 44.9 Å². The Morgan fingerprint density at radius 2 is 1.88 bits per heavy atom. The zero-order chi connectivity index (χ0) is 18.1. The number of carboxylic acids is 1. The average Bonchev–Trinajstić information content (AvgIpc) is 2.96. The molecular weight excluding hydrogens is 312 g/mol. The van der Waals surface area contributed by atoms with Crippen molar-refractivity contribution in [1.29, 1.82) is 0 Å². The monoisotopic (exact) mass is 342 g/mol. The third-order valence-electron chi connectivity index (χ3n) is 5.23. The highest BCUT2D eigenvalue weighted by atomic mass is 16.4. The highest BCUT2D eigenvalue weighted by molar-refractivity contribution is 5.84. The summed E-state index contributed by atoms with van der Waals surface area (Å²) in [5, 5.41) is 8.64. The van der Waals surface area contributed by atoms with Crippen molar-refractivity contribution in [2.45, 2.75) is 64.7 Å². The van der Waals surface area contributed by atoms with E-state index in [9.17, 15) is 9.59 Å². The number of ketones is 1. The minimum atomic E-state index is -0.719. The van der Waals surface area contributed by atoms with Crippen molar-refractivity contribution in [2.24, 2.45) is 11.8 Å². The molecule has 0 aromatic heterocycles. The van der Waals surface area contributed by atoms with Crippen molar-refractivity contribution in [1.82, 2.24) is 0 Å². The third kappa shape index (κ3) is 6.49. The van der Waals surface area contributed by atoms with Gasteiger partial charge in [0.15, 0.2) is 0 Å². The molecule has 2 rings (SSSR count). The van der Waals surface area contributed by atoms with Gasteiger partial charge in [-0.3, -0.25) is 9.59 Å². The summed E-state index contributed by atoms with van der Waals surface area (Å²) in [7, 11) is 0. The summed E-state index contributed by atoms with van der Waals surface area (Å²) in [6.45, 7) is 2.15. The Morgan fingerprint density at radius 3 is 2.56 bits per heavy atom. The fourth-order valence-corrected chi connectivity index (χ4v) is 3.63. The molecule has 3 nitrogen and oxygen atoms in total. The Kier molecular flexibility index (Phi) is 7.90. The molecule has 0 amide bonds. The minimum Gasteiger partial charge on any atom is -0.481 e. The molecule has 1 aromatic rings. The Labute approximate surface area is 151 Å². The predicted molar refractivity (Wildman–Crippen MR) is 101 cm³/mol. The summed E-state index contributed by atoms with van der Waals surface area (Å²) in [5.41, 5.74) is 2.54. The van der Waals surface area contributed by atoms with Crippen LogP contribution in [0.15, 0.2) is 30.3 Å². The summed E-state index contributed by atoms with van der Waals surface area (Å²) in [6.07, 6.45) is 12.0. The first kappa shape index (κ1) is 19.4. The lowest BCUT2D eigenvalue weighted by atomic mass is 9.89. The van der Waals surface area contributed by atoms with Crippen LogP contribution < -0.4 is 0 Å². The zero-order valence-corrected chi connectivity index (χ0v) is 15.2. The van der Waals surface area contributed by atoms with E-state index in [2.05, 4.69) is 43.3 Å². The SMILES string of the molecule is CCc1ccc(C=CC2CCC(=O)C2CCCCCCC(=O)O)cc1. The second kappa shape index (κ2) is 10.2. The van der Waals surface area contributed by atoms with Crippen molar-refractivity contribution in [3.63, 3.8) is 0 Å². The smallest absolute Gasteiger partial charge is 0.303 e. The average molecular weight is 342 g/mol. The van der Waals surface area contributed by atoms with Gasteiger partial charge in [-0.15, -0.1) is 0 Å². The van der Waals surface area contributed by atoms with Crippen LogP contribution in [0.4, 0.5) is 0 Å². The van der Waals surface area contributed by atoms with Crippen molar-refractivity contribution in [3.8, 4) is 0 Å². The Hall–Kier alpha value is -1.90. The molecule has 0 heterocycles. The number of Topliss-reactive ketones (excluding diaryl/α,β-unsaturated/α-hetero) is 1. The Bertz CT molecular complexity index is 586. The van der Waals surface area contributed by atoms with Crippen LogP contribution in [-0.2, 0) is 16.0 Å². The summed E-state index contributed by atoms with van der Waals surface area (Å²) in [6, 6.07) is 8.61. The number of aryl methyl sites for hydroxylation is 1. The van der Waals surface area contributed by atoms with Crippen LogP contribution in [0.1, 0.15) is 69.4 Å². The van der Waals surface area contributed by atoms with Crippen LogP contribution in [0.25, 0.3) is 6.08 Å². The van der Waals surface area contributed by atoms with E-state index in [-0.39, 0.29) is 12.3 Å². The maximum absolute atomic E-state index is 12.2. The summed E-state index contributed by atoms with van der Waals surface area (Å²) in [5.74, 6) is 0.202. The number of hydrogen-bond acceptors (Lipinski definition) is 2. The lowest BCUT2D eigenvalue weighted by Crippen LogP contribution is -2.13. The van der Waals surface area contributed by atoms with Crippen LogP contribution in [0, 0.1) is 11.8 Å². The normalized spacial score (nSPS) is 20.4. The molecular formula is C22H30O3. The lowest BCUT2D eigenvalue weighted by Gasteiger charge is -2.14. The van der Waals surface area contributed by atoms with Gasteiger partial charge < -0.3 is 5.11 Å². The second-order valence-corrected chi connectivity index (χ2v) is 7.08. The number of unbranched alkanes of at least 4 members (excludes halogenated alkanes) is 3. The Morgan fingerprint density at radius 1 is 1.16 bits per heavy atom. The van der Waals surface area contributed by atoms with Gasteiger partial charge in [0.1, 0.15) is 5.78 Å². The standard InChI is InChI=1S/C22H30O3/c1-2-17-9-11-18(12-10-17)13-14-19-15-16-21(23)20(19)7-5-3-4-6-8-22(24)25/h9-14,19-20H,2-8,15-16H2,1H3,(H,24,25). The first-order valence-electron chi connectivity index (χ1n) is 9.61. The predicted octanol–water partition coefficient (Wildman–Crippen LogP) is 5.28. The maximum Gasteiger partial charge on any atom is 0.303 e. The summed E-state index contributed by atoms with van der Waals surface area (Å²) < 4.78 is 0. The first-order valence-corrected chi connectivity index (χ1v) is 9.61. The number of rotatable bonds is 10. The number of carbonyl (C=O) groups is 2. The highest BCUT2D eigenvalue weighted by Gasteiger charge is 2.32. The topological polar surface area (TPSA) is 54.4 Å². The van der Waals surface area contributed by atoms with Gasteiger partial charge in [0.2, 0.25) is 0 Å². The molecule has 1 aliphatic rings. The number of allylic oxidation sites excluding steroid dienone is 1. The molecule has 1 N–H and O–H groups in total. The second-order valence-electron chi connectivity index (χ2n) is 7.08. The van der Waals surface area contributed by atoms with Crippen molar-refractivity contribution in [2.75, 3.05) is 0 Å². The summed E-state index contributed by atoms with van der Waals surface area (Å²) >= 11 is 0. The quantitative estimate of drug-likeness (QED) is 0.588. The number of benzene rings is 1. The van der Waals surface area contributed by atoms with E-state index in [1.807, 2.05) is 0 Å². The van der Waals surface area contributed by atoms with E-state index >= 15 is 0 Å². The third-order valence-corrected chi connectivity index (χ3v) is 5.23. The molecule has 0 radical (unpaired) electrons. The molecule has 136 valence electrons. The highest BCUT2D eigenvalue weighted by Crippen LogP contribution is 2.34. The molecule has 0 bridgehead atoms. The summed E-state index contributed by atoms with van der Waals surface area (Å²) in [4.78, 5) is 22.7. The van der Waals surface area contributed by atoms with Gasteiger partial charge in [0.25, 0.3) is 0 Å². The molecule has 2 atom stereocenters. The van der Waals surface area contributed by atoms with Crippen LogP contribution >= 0.6 is 0 Å². The van der Waals surface area contributed by atoms with Crippen LogP contribution in [-0.4, -0.2) is 16.9 Å². The molecule has 0 saturated heterocycles. The fraction of sp³-hybridized carbons (Fsp3) is 0.545. The van der Waals surface area contributed by atoms with Crippen molar-refractivity contribution in [3.05, 3.63) is 41.5 Å². The van der Waals surface area contributed by atoms with E-state index < -0.39 is 5.97 Å². The van der Waals surface area contributed by atoms with Crippen molar-refractivity contribution < 1.29 is 14.7 Å². The largest absolute Gasteiger partial charge is 0.481 e. The molecule has 0 spiro atoms. The van der Waals surface area contributed by atoms with Gasteiger partial charge in [0.05, 0.1) is 0 Å². The van der Waals surface area contributed by atoms with Crippen LogP contribution in [0.2, 0.25) is 0 Å². The van der Waals surface area contributed by atoms with E-state index in [1.54, 1.807) is 0 Å². The molecule has 25 heavy (non-hydrogen) atoms. The Balaban J connectivity index is 1.79. The molecule has 2 unspecified atom stereocenters. The first-order chi connectivity index (χ1) is 12.1. The van der Waals surface area contributed by atoms with Gasteiger partial charge in [-0.25, -0.2) is 0 Å². The minimum absolute atomic E-state index is 0.158. The van der Waals surface area contributed by atoms with Gasteiger partial charge in [-0.05, 0) is 42.7 Å². The van der Waals surface area contributed by atoms with Gasteiger partial charge >= 0.3 is 5.97 Å². The van der Waals surface area contributed by atoms with E-state index in [1.165, 1.54) is 11.1 Å².